The number of hydrogen-bond donors (Lipinski definition) is 1. The van der Waals surface area contributed by atoms with E-state index < -0.39 is 24.6 Å². The number of methoxy groups -OCH3 is 3. The monoisotopic (exact) mass is 312 g/mol. The predicted molar refractivity (Wildman–Crippen MR) is 79.4 cm³/mol. The highest BCUT2D eigenvalue weighted by atomic mass is 16.7. The largest absolute Gasteiger partial charge is 0.376 e. The Balaban J connectivity index is 1.90. The van der Waals surface area contributed by atoms with Gasteiger partial charge in [-0.3, -0.25) is 0 Å². The fourth-order valence-corrected chi connectivity index (χ4v) is 2.65. The van der Waals surface area contributed by atoms with Crippen LogP contribution in [-0.2, 0) is 30.3 Å². The summed E-state index contributed by atoms with van der Waals surface area (Å²) in [5.41, 5.74) is 1.09. The van der Waals surface area contributed by atoms with Gasteiger partial charge in [0, 0.05) is 21.3 Å². The van der Waals surface area contributed by atoms with E-state index >= 15 is 0 Å². The van der Waals surface area contributed by atoms with Crippen LogP contribution in [0.1, 0.15) is 5.56 Å². The van der Waals surface area contributed by atoms with Crippen molar-refractivity contribution in [2.75, 3.05) is 27.9 Å². The van der Waals surface area contributed by atoms with Crippen LogP contribution < -0.4 is 0 Å². The molecule has 0 aliphatic carbocycles. The number of aliphatic hydroxyl groups excluding tert-OH is 1. The van der Waals surface area contributed by atoms with Crippen LogP contribution in [0, 0.1) is 0 Å². The number of hydrogen-bond acceptors (Lipinski definition) is 6. The molecule has 1 N–H and O–H groups in total. The van der Waals surface area contributed by atoms with Crippen molar-refractivity contribution >= 4 is 0 Å². The maximum Gasteiger partial charge on any atom is 0.184 e. The number of ether oxygens (including phenoxy) is 5. The molecule has 0 radical (unpaired) electrons. The van der Waals surface area contributed by atoms with Crippen molar-refractivity contribution in [1.29, 1.82) is 0 Å². The highest BCUT2D eigenvalue weighted by Gasteiger charge is 2.48. The molecule has 1 aliphatic heterocycles. The summed E-state index contributed by atoms with van der Waals surface area (Å²) in [7, 11) is 4.65. The summed E-state index contributed by atoms with van der Waals surface area (Å²) in [6, 6.07) is 9.89. The molecule has 1 aromatic carbocycles. The molecule has 0 aromatic heterocycles. The molecule has 124 valence electrons. The third-order valence-electron chi connectivity index (χ3n) is 3.83. The first-order valence-electron chi connectivity index (χ1n) is 7.24. The van der Waals surface area contributed by atoms with Gasteiger partial charge in [0.2, 0.25) is 0 Å². The number of rotatable bonds is 8. The molecular weight excluding hydrogens is 288 g/mol. The van der Waals surface area contributed by atoms with Crippen LogP contribution >= 0.6 is 0 Å². The fourth-order valence-electron chi connectivity index (χ4n) is 2.65. The zero-order valence-electron chi connectivity index (χ0n) is 13.2. The molecular formula is C16H24O6. The fraction of sp³-hybridized carbons (Fsp3) is 0.625. The topological polar surface area (TPSA) is 66.4 Å². The van der Waals surface area contributed by atoms with E-state index in [1.165, 1.54) is 7.11 Å². The van der Waals surface area contributed by atoms with Gasteiger partial charge in [-0.2, -0.15) is 0 Å². The smallest absolute Gasteiger partial charge is 0.184 e. The lowest BCUT2D eigenvalue weighted by Crippen LogP contribution is -2.43. The maximum atomic E-state index is 9.89. The van der Waals surface area contributed by atoms with Gasteiger partial charge in [-0.15, -0.1) is 0 Å². The van der Waals surface area contributed by atoms with Gasteiger partial charge in [-0.25, -0.2) is 0 Å². The lowest BCUT2D eigenvalue weighted by atomic mass is 10.1. The Hall–Kier alpha value is -1.02. The van der Waals surface area contributed by atoms with Crippen molar-refractivity contribution in [2.45, 2.75) is 37.3 Å². The predicted octanol–water partition coefficient (Wildman–Crippen LogP) is 0.965. The molecule has 2 rings (SSSR count). The van der Waals surface area contributed by atoms with Crippen LogP contribution in [-0.4, -0.2) is 63.7 Å². The molecule has 0 bridgehead atoms. The Bertz CT molecular complexity index is 426. The molecule has 1 aliphatic rings. The minimum atomic E-state index is -1.04. The summed E-state index contributed by atoms with van der Waals surface area (Å²) in [6.45, 7) is 0.820. The lowest BCUT2D eigenvalue weighted by molar-refractivity contribution is -0.162. The quantitative estimate of drug-likeness (QED) is 0.771. The molecule has 1 saturated heterocycles. The first-order chi connectivity index (χ1) is 10.7. The molecule has 0 saturated carbocycles. The molecule has 0 amide bonds. The SMILES string of the molecule is CO[C@@H]1[C@@H](OC)[C@H](O)O[C@@H]1[C@@H](COCc1ccccc1)OC. The molecule has 22 heavy (non-hydrogen) atoms. The average molecular weight is 312 g/mol. The summed E-state index contributed by atoms with van der Waals surface area (Å²) in [5.74, 6) is 0. The Kier molecular flexibility index (Phi) is 6.75. The lowest BCUT2D eigenvalue weighted by Gasteiger charge is -2.26. The van der Waals surface area contributed by atoms with E-state index in [0.29, 0.717) is 13.2 Å². The van der Waals surface area contributed by atoms with Gasteiger partial charge in [0.25, 0.3) is 0 Å². The van der Waals surface area contributed by atoms with E-state index in [4.69, 9.17) is 23.7 Å². The van der Waals surface area contributed by atoms with Crippen molar-refractivity contribution < 1.29 is 28.8 Å². The summed E-state index contributed by atoms with van der Waals surface area (Å²) in [4.78, 5) is 0. The Morgan fingerprint density at radius 2 is 1.77 bits per heavy atom. The van der Waals surface area contributed by atoms with Gasteiger partial charge in [-0.1, -0.05) is 30.3 Å². The van der Waals surface area contributed by atoms with E-state index in [2.05, 4.69) is 0 Å². The summed E-state index contributed by atoms with van der Waals surface area (Å²) in [6.07, 6.45) is -2.80. The van der Waals surface area contributed by atoms with E-state index in [0.717, 1.165) is 5.56 Å². The first kappa shape index (κ1) is 17.3. The van der Waals surface area contributed by atoms with E-state index in [9.17, 15) is 5.11 Å². The Morgan fingerprint density at radius 1 is 1.09 bits per heavy atom. The van der Waals surface area contributed by atoms with E-state index in [1.807, 2.05) is 30.3 Å². The molecule has 1 fully saturated rings. The van der Waals surface area contributed by atoms with Gasteiger partial charge in [0.05, 0.1) is 13.2 Å². The minimum absolute atomic E-state index is 0.332. The Labute approximate surface area is 130 Å². The van der Waals surface area contributed by atoms with Crippen molar-refractivity contribution in [1.82, 2.24) is 0 Å². The number of aliphatic hydroxyl groups is 1. The minimum Gasteiger partial charge on any atom is -0.376 e. The van der Waals surface area contributed by atoms with Crippen molar-refractivity contribution in [3.05, 3.63) is 35.9 Å². The molecule has 5 atom stereocenters. The van der Waals surface area contributed by atoms with Crippen LogP contribution in [0.2, 0.25) is 0 Å². The van der Waals surface area contributed by atoms with Crippen LogP contribution in [0.5, 0.6) is 0 Å². The molecule has 1 heterocycles. The van der Waals surface area contributed by atoms with Crippen molar-refractivity contribution in [2.24, 2.45) is 0 Å². The van der Waals surface area contributed by atoms with Crippen molar-refractivity contribution in [3.8, 4) is 0 Å². The summed E-state index contributed by atoms with van der Waals surface area (Å²) < 4.78 is 27.3. The normalized spacial score (nSPS) is 29.6. The highest BCUT2D eigenvalue weighted by molar-refractivity contribution is 5.13. The summed E-state index contributed by atoms with van der Waals surface area (Å²) in [5, 5.41) is 9.89. The molecule has 0 unspecified atom stereocenters. The van der Waals surface area contributed by atoms with Crippen LogP contribution in [0.3, 0.4) is 0 Å². The third-order valence-corrected chi connectivity index (χ3v) is 3.83. The van der Waals surface area contributed by atoms with Crippen LogP contribution in [0.4, 0.5) is 0 Å². The van der Waals surface area contributed by atoms with Gasteiger partial charge in [-0.05, 0) is 5.56 Å². The highest BCUT2D eigenvalue weighted by Crippen LogP contribution is 2.27. The molecule has 0 spiro atoms. The second kappa shape index (κ2) is 8.57. The van der Waals surface area contributed by atoms with E-state index in [-0.39, 0.29) is 6.10 Å². The van der Waals surface area contributed by atoms with Crippen molar-refractivity contribution in [3.63, 3.8) is 0 Å². The first-order valence-corrected chi connectivity index (χ1v) is 7.24. The number of benzene rings is 1. The second-order valence-corrected chi connectivity index (χ2v) is 5.17. The van der Waals surface area contributed by atoms with Crippen LogP contribution in [0.15, 0.2) is 30.3 Å². The second-order valence-electron chi connectivity index (χ2n) is 5.17. The molecule has 6 heteroatoms. The summed E-state index contributed by atoms with van der Waals surface area (Å²) >= 11 is 0. The maximum absolute atomic E-state index is 9.89. The standard InChI is InChI=1S/C16H24O6/c1-18-12(10-21-9-11-7-5-4-6-8-11)13-14(19-2)15(20-3)16(17)22-13/h4-8,12-17H,9-10H2,1-3H3/t12-,13-,14+,15-,16-/m1/s1. The van der Waals surface area contributed by atoms with Gasteiger partial charge in [0.1, 0.15) is 24.4 Å². The molecule has 1 aromatic rings. The van der Waals surface area contributed by atoms with Crippen LogP contribution in [0.25, 0.3) is 0 Å². The van der Waals surface area contributed by atoms with Gasteiger partial charge < -0.3 is 28.8 Å². The van der Waals surface area contributed by atoms with Gasteiger partial charge in [0.15, 0.2) is 6.29 Å². The van der Waals surface area contributed by atoms with E-state index in [1.54, 1.807) is 14.2 Å². The Morgan fingerprint density at radius 3 is 2.36 bits per heavy atom. The zero-order chi connectivity index (χ0) is 15.9. The molecule has 6 nitrogen and oxygen atoms in total. The zero-order valence-corrected chi connectivity index (χ0v) is 13.2. The van der Waals surface area contributed by atoms with Gasteiger partial charge >= 0.3 is 0 Å². The third kappa shape index (κ3) is 4.04. The average Bonchev–Trinajstić information content (AvgIpc) is 2.88.